The molecule has 0 spiro atoms. The first-order chi connectivity index (χ1) is 10.2. The molecule has 1 aromatic heterocycles. The van der Waals surface area contributed by atoms with Crippen LogP contribution in [0.2, 0.25) is 0 Å². The summed E-state index contributed by atoms with van der Waals surface area (Å²) in [4.78, 5) is 9.77. The molecule has 0 bridgehead atoms. The van der Waals surface area contributed by atoms with Crippen molar-refractivity contribution in [3.63, 3.8) is 0 Å². The highest BCUT2D eigenvalue weighted by Crippen LogP contribution is 2.26. The third-order valence-corrected chi connectivity index (χ3v) is 4.30. The number of hydrogen-bond donors (Lipinski definition) is 1. The second-order valence-corrected chi connectivity index (χ2v) is 6.01. The first kappa shape index (κ1) is 14.3. The monoisotopic (exact) mass is 284 g/mol. The zero-order valence-corrected chi connectivity index (χ0v) is 12.9. The summed E-state index contributed by atoms with van der Waals surface area (Å²) >= 11 is 0. The largest absolute Gasteiger partial charge is 0.351 e. The van der Waals surface area contributed by atoms with Crippen molar-refractivity contribution in [3.05, 3.63) is 35.9 Å². The van der Waals surface area contributed by atoms with Crippen LogP contribution in [0, 0.1) is 0 Å². The fourth-order valence-corrected chi connectivity index (χ4v) is 3.19. The van der Waals surface area contributed by atoms with Crippen molar-refractivity contribution in [1.29, 1.82) is 0 Å². The Morgan fingerprint density at radius 2 is 2.10 bits per heavy atom. The Kier molecular flexibility index (Phi) is 4.08. The summed E-state index contributed by atoms with van der Waals surface area (Å²) in [7, 11) is 2.18. The molecule has 112 valence electrons. The van der Waals surface area contributed by atoms with E-state index in [0.29, 0.717) is 12.6 Å². The van der Waals surface area contributed by atoms with Crippen molar-refractivity contribution < 1.29 is 0 Å². The normalized spacial score (nSPS) is 20.1. The van der Waals surface area contributed by atoms with Gasteiger partial charge in [-0.3, -0.25) is 0 Å². The number of nitrogens with zero attached hydrogens (tertiary/aromatic N) is 3. The average molecular weight is 284 g/mol. The summed E-state index contributed by atoms with van der Waals surface area (Å²) in [6.45, 7) is 6.13. The molecule has 1 aliphatic rings. The van der Waals surface area contributed by atoms with E-state index < -0.39 is 0 Å². The van der Waals surface area contributed by atoms with Crippen LogP contribution in [0.4, 0.5) is 5.82 Å². The molecule has 2 aromatic rings. The van der Waals surface area contributed by atoms with E-state index in [9.17, 15) is 0 Å². The summed E-state index contributed by atoms with van der Waals surface area (Å²) in [5, 5.41) is 1.20. The maximum absolute atomic E-state index is 5.81. The fourth-order valence-electron chi connectivity index (χ4n) is 3.19. The van der Waals surface area contributed by atoms with Crippen LogP contribution in [0.5, 0.6) is 0 Å². The number of pyridine rings is 1. The lowest BCUT2D eigenvalue weighted by molar-refractivity contribution is 0.274. The minimum absolute atomic E-state index is 0.480. The van der Waals surface area contributed by atoms with Crippen LogP contribution in [0.3, 0.4) is 0 Å². The minimum Gasteiger partial charge on any atom is -0.351 e. The zero-order chi connectivity index (χ0) is 14.8. The summed E-state index contributed by atoms with van der Waals surface area (Å²) in [5.41, 5.74) is 8.15. The molecule has 1 aromatic carbocycles. The summed E-state index contributed by atoms with van der Waals surface area (Å²) in [5.74, 6) is 1.12. The van der Waals surface area contributed by atoms with Crippen LogP contribution in [0.1, 0.15) is 12.5 Å². The number of benzene rings is 1. The van der Waals surface area contributed by atoms with E-state index in [1.165, 1.54) is 10.9 Å². The van der Waals surface area contributed by atoms with Gasteiger partial charge in [-0.2, -0.15) is 0 Å². The molecule has 3 rings (SSSR count). The molecule has 1 fully saturated rings. The van der Waals surface area contributed by atoms with Crippen LogP contribution in [0.25, 0.3) is 10.9 Å². The van der Waals surface area contributed by atoms with Crippen LogP contribution in [0.15, 0.2) is 30.3 Å². The molecular weight excluding hydrogens is 260 g/mol. The van der Waals surface area contributed by atoms with Crippen molar-refractivity contribution in [2.45, 2.75) is 19.4 Å². The lowest BCUT2D eigenvalue weighted by atomic mass is 10.1. The molecule has 1 aliphatic heterocycles. The number of rotatable bonds is 3. The van der Waals surface area contributed by atoms with Gasteiger partial charge in [-0.05, 0) is 44.6 Å². The van der Waals surface area contributed by atoms with Gasteiger partial charge in [0.15, 0.2) is 0 Å². The first-order valence-electron chi connectivity index (χ1n) is 7.73. The zero-order valence-electron chi connectivity index (χ0n) is 12.9. The number of anilines is 1. The van der Waals surface area contributed by atoms with Crippen LogP contribution < -0.4 is 10.6 Å². The van der Waals surface area contributed by atoms with Gasteiger partial charge in [0.25, 0.3) is 0 Å². The smallest absolute Gasteiger partial charge is 0.132 e. The van der Waals surface area contributed by atoms with E-state index in [0.717, 1.165) is 37.4 Å². The topological polar surface area (TPSA) is 45.4 Å². The lowest BCUT2D eigenvalue weighted by Crippen LogP contribution is -2.51. The molecular formula is C17H24N4. The molecule has 2 heterocycles. The molecule has 21 heavy (non-hydrogen) atoms. The quantitative estimate of drug-likeness (QED) is 0.935. The number of para-hydroxylation sites is 1. The van der Waals surface area contributed by atoms with Gasteiger partial charge in [0.2, 0.25) is 0 Å². The molecule has 0 radical (unpaired) electrons. The number of piperazine rings is 1. The molecule has 4 nitrogen and oxygen atoms in total. The molecule has 0 amide bonds. The van der Waals surface area contributed by atoms with Crippen molar-refractivity contribution >= 4 is 16.7 Å². The Morgan fingerprint density at radius 1 is 1.29 bits per heavy atom. The first-order valence-corrected chi connectivity index (χ1v) is 7.73. The van der Waals surface area contributed by atoms with Gasteiger partial charge in [-0.15, -0.1) is 0 Å². The van der Waals surface area contributed by atoms with Gasteiger partial charge < -0.3 is 15.5 Å². The molecule has 1 atom stereocenters. The second kappa shape index (κ2) is 6.00. The van der Waals surface area contributed by atoms with Gasteiger partial charge in [-0.1, -0.05) is 18.2 Å². The molecule has 1 saturated heterocycles. The molecule has 0 saturated carbocycles. The van der Waals surface area contributed by atoms with Gasteiger partial charge in [0, 0.05) is 31.1 Å². The van der Waals surface area contributed by atoms with Crippen molar-refractivity contribution in [2.24, 2.45) is 5.73 Å². The number of aromatic nitrogens is 1. The van der Waals surface area contributed by atoms with Crippen molar-refractivity contribution in [1.82, 2.24) is 9.88 Å². The van der Waals surface area contributed by atoms with E-state index in [2.05, 4.69) is 54.1 Å². The molecule has 4 heteroatoms. The Balaban J connectivity index is 2.04. The number of hydrogen-bond acceptors (Lipinski definition) is 4. The highest BCUT2D eigenvalue weighted by atomic mass is 15.3. The summed E-state index contributed by atoms with van der Waals surface area (Å²) in [6, 6.07) is 11.1. The highest BCUT2D eigenvalue weighted by molar-refractivity contribution is 5.82. The van der Waals surface area contributed by atoms with E-state index in [1.807, 2.05) is 0 Å². The Labute approximate surface area is 126 Å². The fraction of sp³-hybridized carbons (Fsp3) is 0.471. The van der Waals surface area contributed by atoms with Gasteiger partial charge in [0.05, 0.1) is 5.52 Å². The van der Waals surface area contributed by atoms with Gasteiger partial charge in [0.1, 0.15) is 5.82 Å². The van der Waals surface area contributed by atoms with Gasteiger partial charge in [-0.25, -0.2) is 4.98 Å². The lowest BCUT2D eigenvalue weighted by Gasteiger charge is -2.40. The predicted octanol–water partition coefficient (Wildman–Crippen LogP) is 1.88. The van der Waals surface area contributed by atoms with Crippen LogP contribution >= 0.6 is 0 Å². The van der Waals surface area contributed by atoms with E-state index in [-0.39, 0.29) is 0 Å². The Morgan fingerprint density at radius 3 is 2.86 bits per heavy atom. The Hall–Kier alpha value is -1.65. The van der Waals surface area contributed by atoms with Crippen LogP contribution in [-0.2, 0) is 6.42 Å². The summed E-state index contributed by atoms with van der Waals surface area (Å²) < 4.78 is 0. The number of nitrogens with two attached hydrogens (primary N) is 1. The van der Waals surface area contributed by atoms with E-state index >= 15 is 0 Å². The van der Waals surface area contributed by atoms with Gasteiger partial charge >= 0.3 is 0 Å². The maximum atomic E-state index is 5.81. The molecule has 0 aliphatic carbocycles. The third kappa shape index (κ3) is 2.87. The van der Waals surface area contributed by atoms with Crippen LogP contribution in [-0.4, -0.2) is 49.2 Å². The minimum atomic E-state index is 0.480. The number of likely N-dealkylation sites (N-methyl/N-ethyl adjacent to an activating group) is 1. The Bertz CT molecular complexity index is 625. The SMILES string of the molecule is CC1CN(C)CCN1c1nc2ccccc2cc1CCN. The summed E-state index contributed by atoms with van der Waals surface area (Å²) in [6.07, 6.45) is 0.881. The van der Waals surface area contributed by atoms with Crippen molar-refractivity contribution in [3.8, 4) is 0 Å². The van der Waals surface area contributed by atoms with E-state index in [1.54, 1.807) is 0 Å². The standard InChI is InChI=1S/C17H24N4/c1-13-12-20(2)9-10-21(13)17-15(7-8-18)11-14-5-3-4-6-16(14)19-17/h3-6,11,13H,7-10,12,18H2,1-2H3. The predicted molar refractivity (Wildman–Crippen MR) is 88.8 cm³/mol. The maximum Gasteiger partial charge on any atom is 0.132 e. The second-order valence-electron chi connectivity index (χ2n) is 6.01. The molecule has 1 unspecified atom stereocenters. The molecule has 2 N–H and O–H groups in total. The van der Waals surface area contributed by atoms with E-state index in [4.69, 9.17) is 10.7 Å². The number of fused-ring (bicyclic) bond motifs is 1. The highest BCUT2D eigenvalue weighted by Gasteiger charge is 2.24. The third-order valence-electron chi connectivity index (χ3n) is 4.30. The average Bonchev–Trinajstić information content (AvgIpc) is 2.47. The van der Waals surface area contributed by atoms with Crippen molar-refractivity contribution in [2.75, 3.05) is 38.1 Å².